The fourth-order valence-electron chi connectivity index (χ4n) is 2.60. The summed E-state index contributed by atoms with van der Waals surface area (Å²) >= 11 is 0. The Morgan fingerprint density at radius 1 is 1.10 bits per heavy atom. The predicted octanol–water partition coefficient (Wildman–Crippen LogP) is 4.97. The van der Waals surface area contributed by atoms with Crippen LogP contribution >= 0.6 is 0 Å². The molecule has 1 heterocycles. The summed E-state index contributed by atoms with van der Waals surface area (Å²) < 4.78 is 5.67. The maximum absolute atomic E-state index is 12.4. The molecule has 1 aromatic heterocycles. The number of rotatable bonds is 7. The van der Waals surface area contributed by atoms with Crippen molar-refractivity contribution in [2.24, 2.45) is 0 Å². The van der Waals surface area contributed by atoms with Crippen molar-refractivity contribution in [3.8, 4) is 11.5 Å². The van der Waals surface area contributed by atoms with E-state index in [4.69, 9.17) is 4.74 Å². The molecule has 0 aliphatic heterocycles. The normalized spacial score (nSPS) is 10.9. The molecule has 0 atom stereocenters. The zero-order valence-corrected chi connectivity index (χ0v) is 16.3. The summed E-state index contributed by atoms with van der Waals surface area (Å²) in [6, 6.07) is 17.7. The molecule has 29 heavy (non-hydrogen) atoms. The van der Waals surface area contributed by atoms with Crippen molar-refractivity contribution in [3.05, 3.63) is 78.5 Å². The van der Waals surface area contributed by atoms with Gasteiger partial charge in [-0.3, -0.25) is 4.79 Å². The number of aromatic nitrogens is 1. The van der Waals surface area contributed by atoms with Gasteiger partial charge < -0.3 is 20.5 Å². The highest BCUT2D eigenvalue weighted by Gasteiger charge is 2.06. The van der Waals surface area contributed by atoms with Gasteiger partial charge >= 0.3 is 0 Å². The van der Waals surface area contributed by atoms with E-state index in [-0.39, 0.29) is 17.8 Å². The summed E-state index contributed by atoms with van der Waals surface area (Å²) in [5.41, 5.74) is 2.16. The maximum Gasteiger partial charge on any atom is 0.248 e. The number of nitrogens with one attached hydrogen (secondary N) is 2. The Kier molecular flexibility index (Phi) is 6.47. The molecule has 148 valence electrons. The fraction of sp³-hybridized carbons (Fsp3) is 0.130. The fourth-order valence-corrected chi connectivity index (χ4v) is 2.60. The van der Waals surface area contributed by atoms with E-state index in [1.165, 1.54) is 6.08 Å². The number of phenolic OH excluding ortho intramolecular Hbond substituents is 1. The first kappa shape index (κ1) is 19.9. The molecule has 6 nitrogen and oxygen atoms in total. The van der Waals surface area contributed by atoms with Gasteiger partial charge in [0.25, 0.3) is 0 Å². The van der Waals surface area contributed by atoms with Crippen molar-refractivity contribution >= 4 is 29.2 Å². The minimum absolute atomic E-state index is 0.0858. The number of hydrogen-bond donors (Lipinski definition) is 3. The quantitative estimate of drug-likeness (QED) is 0.392. The number of pyridine rings is 1. The number of aromatic hydroxyl groups is 1. The van der Waals surface area contributed by atoms with Crippen molar-refractivity contribution in [2.45, 2.75) is 20.0 Å². The molecular formula is C23H23N3O3. The second-order valence-corrected chi connectivity index (χ2v) is 6.63. The van der Waals surface area contributed by atoms with Crippen LogP contribution in [-0.2, 0) is 4.79 Å². The Labute approximate surface area is 169 Å². The highest BCUT2D eigenvalue weighted by atomic mass is 16.5. The number of ether oxygens (including phenoxy) is 1. The summed E-state index contributed by atoms with van der Waals surface area (Å²) in [4.78, 5) is 16.7. The topological polar surface area (TPSA) is 83.5 Å². The van der Waals surface area contributed by atoms with Gasteiger partial charge in [0.1, 0.15) is 11.5 Å². The van der Waals surface area contributed by atoms with E-state index in [0.717, 1.165) is 17.0 Å². The summed E-state index contributed by atoms with van der Waals surface area (Å²) in [6.45, 7) is 3.93. The first-order valence-electron chi connectivity index (χ1n) is 9.26. The summed E-state index contributed by atoms with van der Waals surface area (Å²) in [7, 11) is 0. The monoisotopic (exact) mass is 389 g/mol. The number of anilines is 3. The van der Waals surface area contributed by atoms with Gasteiger partial charge in [-0.2, -0.15) is 0 Å². The van der Waals surface area contributed by atoms with Crippen LogP contribution in [-0.4, -0.2) is 22.1 Å². The van der Waals surface area contributed by atoms with Gasteiger partial charge in [-0.15, -0.1) is 0 Å². The number of nitrogens with zero attached hydrogens (tertiary/aromatic N) is 1. The molecule has 0 spiro atoms. The lowest BCUT2D eigenvalue weighted by molar-refractivity contribution is -0.111. The van der Waals surface area contributed by atoms with Gasteiger partial charge in [0.2, 0.25) is 5.91 Å². The molecule has 0 bridgehead atoms. The van der Waals surface area contributed by atoms with E-state index in [1.54, 1.807) is 48.7 Å². The maximum atomic E-state index is 12.4. The van der Waals surface area contributed by atoms with Gasteiger partial charge in [-0.05, 0) is 74.0 Å². The Balaban J connectivity index is 1.68. The van der Waals surface area contributed by atoms with E-state index in [0.29, 0.717) is 11.5 Å². The van der Waals surface area contributed by atoms with Gasteiger partial charge in [0, 0.05) is 18.0 Å². The predicted molar refractivity (Wildman–Crippen MR) is 115 cm³/mol. The van der Waals surface area contributed by atoms with Gasteiger partial charge in [-0.25, -0.2) is 4.98 Å². The van der Waals surface area contributed by atoms with Crippen LogP contribution < -0.4 is 15.4 Å². The highest BCUT2D eigenvalue weighted by molar-refractivity contribution is 6.03. The lowest BCUT2D eigenvalue weighted by atomic mass is 10.2. The molecule has 0 aliphatic carbocycles. The van der Waals surface area contributed by atoms with E-state index in [9.17, 15) is 9.90 Å². The van der Waals surface area contributed by atoms with Crippen LogP contribution in [0, 0.1) is 0 Å². The number of hydrogen-bond acceptors (Lipinski definition) is 5. The van der Waals surface area contributed by atoms with Gasteiger partial charge in [0.05, 0.1) is 11.8 Å². The van der Waals surface area contributed by atoms with Gasteiger partial charge in [0.15, 0.2) is 5.82 Å². The lowest BCUT2D eigenvalue weighted by Gasteiger charge is -2.11. The van der Waals surface area contributed by atoms with E-state index in [2.05, 4.69) is 15.6 Å². The zero-order valence-electron chi connectivity index (χ0n) is 16.3. The molecule has 1 amide bonds. The molecule has 0 radical (unpaired) electrons. The highest BCUT2D eigenvalue weighted by Crippen LogP contribution is 2.24. The Morgan fingerprint density at radius 2 is 1.90 bits per heavy atom. The number of phenols is 1. The molecule has 0 saturated heterocycles. The second kappa shape index (κ2) is 9.41. The molecule has 0 unspecified atom stereocenters. The van der Waals surface area contributed by atoms with E-state index < -0.39 is 0 Å². The molecule has 0 aliphatic rings. The Hall–Kier alpha value is -3.80. The first-order valence-corrected chi connectivity index (χ1v) is 9.26. The summed E-state index contributed by atoms with van der Waals surface area (Å²) in [5.74, 6) is 1.17. The van der Waals surface area contributed by atoms with E-state index in [1.807, 2.05) is 38.1 Å². The molecular weight excluding hydrogens is 366 g/mol. The smallest absolute Gasteiger partial charge is 0.248 e. The molecule has 0 saturated carbocycles. The van der Waals surface area contributed by atoms with Gasteiger partial charge in [-0.1, -0.05) is 12.1 Å². The van der Waals surface area contributed by atoms with Crippen LogP contribution in [0.25, 0.3) is 6.08 Å². The van der Waals surface area contributed by atoms with Crippen molar-refractivity contribution in [1.82, 2.24) is 4.98 Å². The SMILES string of the molecule is CC(C)Oc1cccc(/C=C/C(=O)Nc2cccnc2Nc2ccc(O)cc2)c1. The third kappa shape index (κ3) is 6.10. The standard InChI is InChI=1S/C23H23N3O3/c1-16(2)29-20-6-3-5-17(15-20)8-13-22(28)26-21-7-4-14-24-23(21)25-18-9-11-19(27)12-10-18/h3-16,27H,1-2H3,(H,24,25)(H,26,28)/b13-8+. The molecule has 2 aromatic carbocycles. The Morgan fingerprint density at radius 3 is 2.66 bits per heavy atom. The first-order chi connectivity index (χ1) is 14.0. The zero-order chi connectivity index (χ0) is 20.6. The summed E-state index contributed by atoms with van der Waals surface area (Å²) in [5, 5.41) is 15.3. The van der Waals surface area contributed by atoms with Crippen LogP contribution in [0.5, 0.6) is 11.5 Å². The minimum atomic E-state index is -0.276. The van der Waals surface area contributed by atoms with Crippen LogP contribution in [0.3, 0.4) is 0 Å². The third-order valence-corrected chi connectivity index (χ3v) is 3.85. The van der Waals surface area contributed by atoms with Crippen molar-refractivity contribution in [3.63, 3.8) is 0 Å². The number of amides is 1. The summed E-state index contributed by atoms with van der Waals surface area (Å²) in [6.07, 6.45) is 4.91. The molecule has 3 rings (SSSR count). The Bertz CT molecular complexity index is 998. The number of carbonyl (C=O) groups is 1. The molecule has 6 heteroatoms. The largest absolute Gasteiger partial charge is 0.508 e. The van der Waals surface area contributed by atoms with Crippen LogP contribution in [0.15, 0.2) is 72.9 Å². The van der Waals surface area contributed by atoms with Crippen molar-refractivity contribution < 1.29 is 14.6 Å². The minimum Gasteiger partial charge on any atom is -0.508 e. The molecule has 3 N–H and O–H groups in total. The molecule has 0 fully saturated rings. The lowest BCUT2D eigenvalue weighted by Crippen LogP contribution is -2.10. The van der Waals surface area contributed by atoms with Crippen LogP contribution in [0.2, 0.25) is 0 Å². The van der Waals surface area contributed by atoms with Crippen molar-refractivity contribution in [2.75, 3.05) is 10.6 Å². The number of carbonyl (C=O) groups excluding carboxylic acids is 1. The average molecular weight is 389 g/mol. The third-order valence-electron chi connectivity index (χ3n) is 3.85. The van der Waals surface area contributed by atoms with Crippen LogP contribution in [0.1, 0.15) is 19.4 Å². The number of benzene rings is 2. The van der Waals surface area contributed by atoms with Crippen molar-refractivity contribution in [1.29, 1.82) is 0 Å². The average Bonchev–Trinajstić information content (AvgIpc) is 2.69. The van der Waals surface area contributed by atoms with Crippen LogP contribution in [0.4, 0.5) is 17.2 Å². The molecule has 3 aromatic rings. The second-order valence-electron chi connectivity index (χ2n) is 6.63. The van der Waals surface area contributed by atoms with E-state index >= 15 is 0 Å².